The third kappa shape index (κ3) is 2.64. The molecular formula is C7H8N2O5S2. The van der Waals surface area contributed by atoms with Gasteiger partial charge in [-0.1, -0.05) is 0 Å². The fourth-order valence-corrected chi connectivity index (χ4v) is 2.39. The van der Waals surface area contributed by atoms with Gasteiger partial charge in [-0.3, -0.25) is 4.79 Å². The minimum absolute atomic E-state index is 0.227. The molecule has 0 fully saturated rings. The Hall–Kier alpha value is -1.29. The predicted molar refractivity (Wildman–Crippen MR) is 54.6 cm³/mol. The van der Waals surface area contributed by atoms with Gasteiger partial charge in [0.25, 0.3) is 0 Å². The van der Waals surface area contributed by atoms with E-state index >= 15 is 0 Å². The van der Waals surface area contributed by atoms with Crippen LogP contribution in [0.1, 0.15) is 10.4 Å². The number of nitrogens with two attached hydrogens (primary N) is 2. The molecule has 1 rings (SSSR count). The van der Waals surface area contributed by atoms with E-state index in [-0.39, 0.29) is 11.8 Å². The number of rotatable bonds is 3. The maximum atomic E-state index is 11.1. The van der Waals surface area contributed by atoms with Gasteiger partial charge >= 0.3 is 0 Å². The van der Waals surface area contributed by atoms with Crippen LogP contribution in [0, 0.1) is 0 Å². The summed E-state index contributed by atoms with van der Waals surface area (Å²) in [6.07, 6.45) is 0.257. The normalized spacial score (nSPS) is 12.4. The van der Waals surface area contributed by atoms with E-state index in [4.69, 9.17) is 10.3 Å². The Morgan fingerprint density at radius 2 is 1.56 bits per heavy atom. The van der Waals surface area contributed by atoms with Crippen molar-refractivity contribution >= 4 is 26.3 Å². The van der Waals surface area contributed by atoms with E-state index in [2.05, 4.69) is 0 Å². The van der Waals surface area contributed by atoms with Gasteiger partial charge in [0.2, 0.25) is 20.0 Å². The summed E-state index contributed by atoms with van der Waals surface area (Å²) in [6, 6.07) is 2.79. The van der Waals surface area contributed by atoms with Crippen LogP contribution < -0.4 is 10.3 Å². The second-order valence-corrected chi connectivity index (χ2v) is 6.00. The molecule has 16 heavy (non-hydrogen) atoms. The third-order valence-electron chi connectivity index (χ3n) is 1.75. The molecule has 0 aliphatic heterocycles. The molecule has 88 valence electrons. The van der Waals surface area contributed by atoms with E-state index < -0.39 is 29.8 Å². The van der Waals surface area contributed by atoms with Crippen LogP contribution >= 0.6 is 0 Å². The number of carbonyl (C=O) groups excluding carboxylic acids is 1. The molecule has 4 N–H and O–H groups in total. The Morgan fingerprint density at radius 1 is 1.00 bits per heavy atom. The van der Waals surface area contributed by atoms with Crippen molar-refractivity contribution in [2.45, 2.75) is 9.79 Å². The minimum atomic E-state index is -4.18. The molecule has 0 radical (unpaired) electrons. The molecule has 9 heteroatoms. The lowest BCUT2D eigenvalue weighted by atomic mass is 10.2. The summed E-state index contributed by atoms with van der Waals surface area (Å²) in [5, 5.41) is 9.63. The number of aldehydes is 1. The molecule has 0 unspecified atom stereocenters. The van der Waals surface area contributed by atoms with Gasteiger partial charge in [-0.25, -0.2) is 27.1 Å². The number of benzene rings is 1. The zero-order chi connectivity index (χ0) is 12.6. The SMILES string of the molecule is NS(=O)(=O)c1ccc(C=O)c(S(N)(=O)=O)c1. The molecule has 0 atom stereocenters. The Balaban J connectivity index is 3.65. The summed E-state index contributed by atoms with van der Waals surface area (Å²) in [7, 11) is -8.23. The van der Waals surface area contributed by atoms with Gasteiger partial charge in [-0.05, 0) is 18.2 Å². The minimum Gasteiger partial charge on any atom is -0.298 e. The fourth-order valence-electron chi connectivity index (χ4n) is 1.04. The number of hydrogen-bond acceptors (Lipinski definition) is 5. The van der Waals surface area contributed by atoms with Crippen LogP contribution in [-0.4, -0.2) is 23.1 Å². The average molecular weight is 264 g/mol. The van der Waals surface area contributed by atoms with Crippen molar-refractivity contribution in [1.82, 2.24) is 0 Å². The van der Waals surface area contributed by atoms with Crippen molar-refractivity contribution in [3.8, 4) is 0 Å². The van der Waals surface area contributed by atoms with Crippen LogP contribution in [0.5, 0.6) is 0 Å². The second kappa shape index (κ2) is 3.94. The summed E-state index contributed by atoms with van der Waals surface area (Å²) in [5.74, 6) is 0. The molecule has 0 bridgehead atoms. The number of primary sulfonamides is 2. The molecule has 0 aliphatic rings. The Morgan fingerprint density at radius 3 is 1.94 bits per heavy atom. The van der Waals surface area contributed by atoms with Crippen molar-refractivity contribution in [2.24, 2.45) is 10.3 Å². The van der Waals surface area contributed by atoms with Crippen molar-refractivity contribution in [3.05, 3.63) is 23.8 Å². The van der Waals surface area contributed by atoms with Gasteiger partial charge in [-0.15, -0.1) is 0 Å². The molecule has 0 aromatic heterocycles. The first kappa shape index (κ1) is 12.8. The summed E-state index contributed by atoms with van der Waals surface area (Å²) >= 11 is 0. The first-order chi connectivity index (χ1) is 7.16. The van der Waals surface area contributed by atoms with Gasteiger partial charge in [0.1, 0.15) is 0 Å². The van der Waals surface area contributed by atoms with E-state index in [1.807, 2.05) is 0 Å². The lowest BCUT2D eigenvalue weighted by Gasteiger charge is -2.04. The first-order valence-electron chi connectivity index (χ1n) is 3.81. The topological polar surface area (TPSA) is 137 Å². The zero-order valence-corrected chi connectivity index (χ0v) is 9.45. The van der Waals surface area contributed by atoms with Crippen LogP contribution in [0.2, 0.25) is 0 Å². The Labute approximate surface area is 92.2 Å². The standard InChI is InChI=1S/C7H8N2O5S2/c8-15(11,12)6-2-1-5(4-10)7(3-6)16(9,13)14/h1-4H,(H2,8,11,12)(H2,9,13,14). The highest BCUT2D eigenvalue weighted by atomic mass is 32.2. The van der Waals surface area contributed by atoms with E-state index in [0.717, 1.165) is 18.2 Å². The number of hydrogen-bond donors (Lipinski definition) is 2. The quantitative estimate of drug-likeness (QED) is 0.660. The van der Waals surface area contributed by atoms with Crippen LogP contribution in [0.15, 0.2) is 28.0 Å². The molecule has 0 heterocycles. The van der Waals surface area contributed by atoms with Crippen LogP contribution in [0.4, 0.5) is 0 Å². The molecule has 0 saturated heterocycles. The van der Waals surface area contributed by atoms with Crippen molar-refractivity contribution in [2.75, 3.05) is 0 Å². The summed E-state index contributed by atoms with van der Waals surface area (Å²) in [4.78, 5) is 9.53. The van der Waals surface area contributed by atoms with Crippen LogP contribution in [0.25, 0.3) is 0 Å². The van der Waals surface area contributed by atoms with Gasteiger partial charge in [0.15, 0.2) is 6.29 Å². The molecule has 0 amide bonds. The fraction of sp³-hybridized carbons (Fsp3) is 0. The molecule has 0 spiro atoms. The van der Waals surface area contributed by atoms with E-state index in [1.54, 1.807) is 0 Å². The van der Waals surface area contributed by atoms with E-state index in [9.17, 15) is 21.6 Å². The average Bonchev–Trinajstić information content (AvgIpc) is 2.14. The van der Waals surface area contributed by atoms with Gasteiger partial charge < -0.3 is 0 Å². The zero-order valence-electron chi connectivity index (χ0n) is 7.82. The smallest absolute Gasteiger partial charge is 0.238 e. The maximum absolute atomic E-state index is 11.1. The van der Waals surface area contributed by atoms with Crippen LogP contribution in [-0.2, 0) is 20.0 Å². The summed E-state index contributed by atoms with van der Waals surface area (Å²) in [6.45, 7) is 0. The number of carbonyl (C=O) groups is 1. The highest BCUT2D eigenvalue weighted by Gasteiger charge is 2.18. The molecule has 1 aromatic carbocycles. The molecule has 1 aromatic rings. The highest BCUT2D eigenvalue weighted by molar-refractivity contribution is 7.90. The second-order valence-electron chi connectivity index (χ2n) is 2.91. The maximum Gasteiger partial charge on any atom is 0.238 e. The molecule has 0 aliphatic carbocycles. The molecular weight excluding hydrogens is 256 g/mol. The molecule has 7 nitrogen and oxygen atoms in total. The predicted octanol–water partition coefficient (Wildman–Crippen LogP) is -1.21. The van der Waals surface area contributed by atoms with Gasteiger partial charge in [0.05, 0.1) is 9.79 Å². The third-order valence-corrected chi connectivity index (χ3v) is 3.62. The highest BCUT2D eigenvalue weighted by Crippen LogP contribution is 2.17. The van der Waals surface area contributed by atoms with Gasteiger partial charge in [0, 0.05) is 5.56 Å². The Bertz CT molecular complexity index is 633. The Kier molecular flexibility index (Phi) is 3.15. The summed E-state index contributed by atoms with van der Waals surface area (Å²) in [5.41, 5.74) is -0.227. The van der Waals surface area contributed by atoms with Gasteiger partial charge in [-0.2, -0.15) is 0 Å². The van der Waals surface area contributed by atoms with Crippen LogP contribution in [0.3, 0.4) is 0 Å². The van der Waals surface area contributed by atoms with E-state index in [1.165, 1.54) is 0 Å². The van der Waals surface area contributed by atoms with Crippen molar-refractivity contribution < 1.29 is 21.6 Å². The lowest BCUT2D eigenvalue weighted by molar-refractivity contribution is 0.112. The summed E-state index contributed by atoms with van der Waals surface area (Å²) < 4.78 is 44.1. The van der Waals surface area contributed by atoms with E-state index in [0.29, 0.717) is 0 Å². The van der Waals surface area contributed by atoms with Crippen molar-refractivity contribution in [1.29, 1.82) is 0 Å². The lowest BCUT2D eigenvalue weighted by Crippen LogP contribution is -2.17. The largest absolute Gasteiger partial charge is 0.298 e. The number of sulfonamides is 2. The first-order valence-corrected chi connectivity index (χ1v) is 6.90. The molecule has 0 saturated carbocycles. The monoisotopic (exact) mass is 264 g/mol. The van der Waals surface area contributed by atoms with Crippen molar-refractivity contribution in [3.63, 3.8) is 0 Å².